The minimum atomic E-state index is -0.461. The normalized spacial score (nSPS) is 11.1. The molecule has 18 heavy (non-hydrogen) atoms. The molecule has 3 rings (SSSR count). The average molecular weight is 282 g/mol. The van der Waals surface area contributed by atoms with Crippen LogP contribution in [0.4, 0.5) is 4.39 Å². The minimum Gasteiger partial charge on any atom is -0.265 e. The van der Waals surface area contributed by atoms with Crippen LogP contribution in [0.3, 0.4) is 0 Å². The molecule has 0 atom stereocenters. The Morgan fingerprint density at radius 3 is 2.56 bits per heavy atom. The largest absolute Gasteiger partial charge is 0.265 e. The number of halogens is 3. The molecule has 0 N–H and O–H groups in total. The van der Waals surface area contributed by atoms with Gasteiger partial charge in [0.15, 0.2) is 11.5 Å². The van der Waals surface area contributed by atoms with Crippen molar-refractivity contribution in [3.05, 3.63) is 52.4 Å². The third-order valence-electron chi connectivity index (χ3n) is 2.57. The average Bonchev–Trinajstić information content (AvgIpc) is 2.74. The van der Waals surface area contributed by atoms with E-state index in [4.69, 9.17) is 23.2 Å². The number of aromatic nitrogens is 3. The van der Waals surface area contributed by atoms with Crippen molar-refractivity contribution in [2.75, 3.05) is 0 Å². The molecule has 0 aliphatic heterocycles. The van der Waals surface area contributed by atoms with Gasteiger partial charge in [0.25, 0.3) is 0 Å². The number of benzene rings is 1. The van der Waals surface area contributed by atoms with Gasteiger partial charge in [-0.3, -0.25) is 4.40 Å². The second-order valence-corrected chi connectivity index (χ2v) is 4.46. The predicted octanol–water partition coefficient (Wildman–Crippen LogP) is 3.84. The van der Waals surface area contributed by atoms with Crippen molar-refractivity contribution >= 4 is 28.8 Å². The second-order valence-electron chi connectivity index (χ2n) is 3.66. The van der Waals surface area contributed by atoms with E-state index in [1.54, 1.807) is 28.7 Å². The van der Waals surface area contributed by atoms with Gasteiger partial charge in [0.05, 0.1) is 10.6 Å². The molecule has 0 saturated carbocycles. The molecule has 3 nitrogen and oxygen atoms in total. The smallest absolute Gasteiger partial charge is 0.174 e. The highest BCUT2D eigenvalue weighted by atomic mass is 35.5. The van der Waals surface area contributed by atoms with Crippen molar-refractivity contribution < 1.29 is 4.39 Å². The number of hydrogen-bond acceptors (Lipinski definition) is 2. The van der Waals surface area contributed by atoms with Gasteiger partial charge in [0, 0.05) is 0 Å². The predicted molar refractivity (Wildman–Crippen MR) is 68.4 cm³/mol. The highest BCUT2D eigenvalue weighted by Gasteiger charge is 2.17. The third kappa shape index (κ3) is 1.65. The van der Waals surface area contributed by atoms with Crippen molar-refractivity contribution in [1.82, 2.24) is 14.6 Å². The van der Waals surface area contributed by atoms with Crippen molar-refractivity contribution in [3.63, 3.8) is 0 Å². The first-order valence-corrected chi connectivity index (χ1v) is 5.88. The van der Waals surface area contributed by atoms with Gasteiger partial charge in [-0.1, -0.05) is 35.3 Å². The number of fused-ring (bicyclic) bond motifs is 1. The summed E-state index contributed by atoms with van der Waals surface area (Å²) in [5.74, 6) is -0.171. The van der Waals surface area contributed by atoms with E-state index in [1.807, 2.05) is 0 Å². The van der Waals surface area contributed by atoms with E-state index in [-0.39, 0.29) is 10.6 Å². The van der Waals surface area contributed by atoms with Crippen molar-refractivity contribution in [2.24, 2.45) is 0 Å². The van der Waals surface area contributed by atoms with Gasteiger partial charge in [0.1, 0.15) is 11.0 Å². The molecule has 1 aromatic carbocycles. The zero-order chi connectivity index (χ0) is 12.7. The first-order chi connectivity index (χ1) is 8.68. The lowest BCUT2D eigenvalue weighted by molar-refractivity contribution is 0.630. The standard InChI is InChI=1S/C12H6Cl2FN3/c13-7-3-1-4-8(15)11(7)12-17-16-10-6-2-5-9(14)18(10)12/h1-6H. The van der Waals surface area contributed by atoms with E-state index >= 15 is 0 Å². The lowest BCUT2D eigenvalue weighted by Crippen LogP contribution is -1.94. The fraction of sp³-hybridized carbons (Fsp3) is 0. The van der Waals surface area contributed by atoms with Crippen LogP contribution >= 0.6 is 23.2 Å². The highest BCUT2D eigenvalue weighted by molar-refractivity contribution is 6.33. The Hall–Kier alpha value is -1.65. The third-order valence-corrected chi connectivity index (χ3v) is 3.18. The van der Waals surface area contributed by atoms with Crippen LogP contribution in [0.1, 0.15) is 0 Å². The molecule has 0 aliphatic carbocycles. The fourth-order valence-electron chi connectivity index (χ4n) is 1.78. The summed E-state index contributed by atoms with van der Waals surface area (Å²) in [6, 6.07) is 9.61. The quantitative estimate of drug-likeness (QED) is 0.635. The molecule has 0 radical (unpaired) electrons. The lowest BCUT2D eigenvalue weighted by atomic mass is 10.2. The lowest BCUT2D eigenvalue weighted by Gasteiger charge is -2.05. The monoisotopic (exact) mass is 281 g/mol. The summed E-state index contributed by atoms with van der Waals surface area (Å²) < 4.78 is 15.4. The van der Waals surface area contributed by atoms with Crippen LogP contribution in [-0.2, 0) is 0 Å². The summed E-state index contributed by atoms with van der Waals surface area (Å²) in [6.45, 7) is 0. The molecule has 2 aromatic heterocycles. The molecule has 90 valence electrons. The first-order valence-electron chi connectivity index (χ1n) is 5.12. The fourth-order valence-corrected chi connectivity index (χ4v) is 2.26. The molecule has 6 heteroatoms. The topological polar surface area (TPSA) is 30.2 Å². The van der Waals surface area contributed by atoms with Crippen LogP contribution in [0.15, 0.2) is 36.4 Å². The highest BCUT2D eigenvalue weighted by Crippen LogP contribution is 2.30. The van der Waals surface area contributed by atoms with Crippen LogP contribution in [0, 0.1) is 5.82 Å². The Labute approximate surface area is 112 Å². The maximum atomic E-state index is 13.9. The summed E-state index contributed by atoms with van der Waals surface area (Å²) in [5, 5.41) is 8.56. The Morgan fingerprint density at radius 2 is 1.78 bits per heavy atom. The van der Waals surface area contributed by atoms with E-state index < -0.39 is 5.82 Å². The van der Waals surface area contributed by atoms with E-state index in [9.17, 15) is 4.39 Å². The molecule has 0 aliphatic rings. The molecule has 3 aromatic rings. The molecule has 0 fully saturated rings. The molecular weight excluding hydrogens is 276 g/mol. The minimum absolute atomic E-state index is 0.194. The van der Waals surface area contributed by atoms with E-state index in [2.05, 4.69) is 10.2 Å². The summed E-state index contributed by atoms with van der Waals surface area (Å²) in [5.41, 5.74) is 0.733. The van der Waals surface area contributed by atoms with Crippen molar-refractivity contribution in [1.29, 1.82) is 0 Å². The maximum Gasteiger partial charge on any atom is 0.174 e. The van der Waals surface area contributed by atoms with Gasteiger partial charge in [-0.15, -0.1) is 10.2 Å². The van der Waals surface area contributed by atoms with Crippen LogP contribution in [0.25, 0.3) is 17.0 Å². The van der Waals surface area contributed by atoms with Crippen LogP contribution in [-0.4, -0.2) is 14.6 Å². The Bertz CT molecular complexity index is 719. The summed E-state index contributed by atoms with van der Waals surface area (Å²) in [6.07, 6.45) is 0. The zero-order valence-electron chi connectivity index (χ0n) is 8.94. The zero-order valence-corrected chi connectivity index (χ0v) is 10.5. The van der Waals surface area contributed by atoms with E-state index in [0.717, 1.165) is 0 Å². The Balaban J connectivity index is 2.39. The van der Waals surface area contributed by atoms with E-state index in [0.29, 0.717) is 16.6 Å². The van der Waals surface area contributed by atoms with Crippen molar-refractivity contribution in [3.8, 4) is 11.4 Å². The number of rotatable bonds is 1. The molecule has 0 unspecified atom stereocenters. The number of pyridine rings is 1. The van der Waals surface area contributed by atoms with Gasteiger partial charge in [0.2, 0.25) is 0 Å². The summed E-state index contributed by atoms with van der Waals surface area (Å²) in [7, 11) is 0. The molecule has 0 saturated heterocycles. The number of hydrogen-bond donors (Lipinski definition) is 0. The van der Waals surface area contributed by atoms with Gasteiger partial charge in [-0.05, 0) is 24.3 Å². The van der Waals surface area contributed by atoms with Gasteiger partial charge >= 0.3 is 0 Å². The van der Waals surface area contributed by atoms with Crippen LogP contribution in [0.5, 0.6) is 0 Å². The summed E-state index contributed by atoms with van der Waals surface area (Å²) in [4.78, 5) is 0. The van der Waals surface area contributed by atoms with Gasteiger partial charge in [-0.2, -0.15) is 0 Å². The summed E-state index contributed by atoms with van der Waals surface area (Å²) >= 11 is 12.1. The SMILES string of the molecule is Fc1cccc(Cl)c1-c1nnc2cccc(Cl)n12. The van der Waals surface area contributed by atoms with Crippen molar-refractivity contribution in [2.45, 2.75) is 0 Å². The second kappa shape index (κ2) is 4.23. The molecule has 0 bridgehead atoms. The molecular formula is C12H6Cl2FN3. The van der Waals surface area contributed by atoms with Crippen LogP contribution in [0.2, 0.25) is 10.2 Å². The Kier molecular flexibility index (Phi) is 2.69. The van der Waals surface area contributed by atoms with Gasteiger partial charge in [-0.25, -0.2) is 4.39 Å². The Morgan fingerprint density at radius 1 is 1.00 bits per heavy atom. The molecule has 0 amide bonds. The maximum absolute atomic E-state index is 13.9. The van der Waals surface area contributed by atoms with Gasteiger partial charge < -0.3 is 0 Å². The molecule has 2 heterocycles. The van der Waals surface area contributed by atoms with E-state index in [1.165, 1.54) is 12.1 Å². The molecule has 0 spiro atoms. The van der Waals surface area contributed by atoms with Crippen LogP contribution < -0.4 is 0 Å². The number of nitrogens with zero attached hydrogens (tertiary/aromatic N) is 3. The first kappa shape index (κ1) is 11.4.